The molecule has 0 radical (unpaired) electrons. The van der Waals surface area contributed by atoms with Crippen LogP contribution >= 0.6 is 23.1 Å². The van der Waals surface area contributed by atoms with Gasteiger partial charge in [-0.15, -0.1) is 10.2 Å². The summed E-state index contributed by atoms with van der Waals surface area (Å²) in [5, 5.41) is 14.7. The monoisotopic (exact) mass is 488 g/mol. The maximum atomic E-state index is 13.2. The lowest BCUT2D eigenvalue weighted by Crippen LogP contribution is -2.51. The molecule has 4 aliphatic carbocycles. The minimum atomic E-state index is -0.215. The van der Waals surface area contributed by atoms with Crippen LogP contribution in [0.1, 0.15) is 38.5 Å². The van der Waals surface area contributed by atoms with Crippen LogP contribution in [0.2, 0.25) is 0 Å². The van der Waals surface area contributed by atoms with Crippen molar-refractivity contribution in [2.24, 2.45) is 23.2 Å². The molecule has 10 heteroatoms. The van der Waals surface area contributed by atoms with Crippen LogP contribution in [0, 0.1) is 23.2 Å². The summed E-state index contributed by atoms with van der Waals surface area (Å²) in [5.41, 5.74) is 0.409. The van der Waals surface area contributed by atoms with E-state index in [-0.39, 0.29) is 23.0 Å². The molecule has 4 aliphatic rings. The standard InChI is InChI=1S/C23H28N4O4S2/c1-30-17-4-3-16(8-18(17)31-2)24-19(28)12-32-22-27-26-21(33-22)25-20(29)23-9-13-5-14(10-23)7-15(6-13)11-23/h3-4,8,13-15H,5-7,9-12H2,1-2H3,(H,24,28)(H,25,26,29). The zero-order valence-electron chi connectivity index (χ0n) is 18.8. The Labute approximate surface area is 201 Å². The highest BCUT2D eigenvalue weighted by molar-refractivity contribution is 8.01. The van der Waals surface area contributed by atoms with Gasteiger partial charge in [-0.1, -0.05) is 23.1 Å². The van der Waals surface area contributed by atoms with E-state index in [1.54, 1.807) is 32.4 Å². The van der Waals surface area contributed by atoms with Gasteiger partial charge in [0.1, 0.15) is 0 Å². The average molecular weight is 489 g/mol. The first kappa shape index (κ1) is 22.5. The Bertz CT molecular complexity index is 1020. The minimum Gasteiger partial charge on any atom is -0.493 e. The number of aromatic nitrogens is 2. The van der Waals surface area contributed by atoms with Gasteiger partial charge in [0.15, 0.2) is 15.8 Å². The lowest BCUT2D eigenvalue weighted by molar-refractivity contribution is -0.140. The van der Waals surface area contributed by atoms with Crippen LogP contribution in [0.3, 0.4) is 0 Å². The lowest BCUT2D eigenvalue weighted by atomic mass is 9.49. The molecule has 0 aliphatic heterocycles. The van der Waals surface area contributed by atoms with E-state index in [0.29, 0.717) is 44.4 Å². The molecule has 176 valence electrons. The first-order valence-electron chi connectivity index (χ1n) is 11.3. The predicted molar refractivity (Wildman–Crippen MR) is 128 cm³/mol. The van der Waals surface area contributed by atoms with E-state index in [0.717, 1.165) is 19.3 Å². The molecule has 4 bridgehead atoms. The van der Waals surface area contributed by atoms with E-state index >= 15 is 0 Å². The summed E-state index contributed by atoms with van der Waals surface area (Å²) in [6.45, 7) is 0. The van der Waals surface area contributed by atoms with Crippen LogP contribution in [-0.2, 0) is 9.59 Å². The van der Waals surface area contributed by atoms with E-state index in [1.165, 1.54) is 42.4 Å². The molecule has 2 amide bonds. The van der Waals surface area contributed by atoms with Gasteiger partial charge in [0.05, 0.1) is 25.4 Å². The fourth-order valence-electron chi connectivity index (χ4n) is 6.18. The third kappa shape index (κ3) is 4.68. The summed E-state index contributed by atoms with van der Waals surface area (Å²) in [6, 6.07) is 5.21. The van der Waals surface area contributed by atoms with E-state index < -0.39 is 0 Å². The number of nitrogens with one attached hydrogen (secondary N) is 2. The molecule has 6 rings (SSSR count). The number of ether oxygens (including phenoxy) is 2. The predicted octanol–water partition coefficient (Wildman–Crippen LogP) is 4.44. The van der Waals surface area contributed by atoms with Crippen LogP contribution in [-0.4, -0.2) is 42.0 Å². The molecule has 0 atom stereocenters. The van der Waals surface area contributed by atoms with Crippen molar-refractivity contribution in [2.45, 2.75) is 42.9 Å². The Kier molecular flexibility index (Phi) is 6.22. The molecular weight excluding hydrogens is 460 g/mol. The molecule has 4 saturated carbocycles. The summed E-state index contributed by atoms with van der Waals surface area (Å²) in [7, 11) is 3.11. The van der Waals surface area contributed by atoms with Crippen molar-refractivity contribution >= 4 is 45.7 Å². The first-order chi connectivity index (χ1) is 16.0. The van der Waals surface area contributed by atoms with Crippen LogP contribution in [0.4, 0.5) is 10.8 Å². The highest BCUT2D eigenvalue weighted by Crippen LogP contribution is 2.60. The zero-order chi connectivity index (χ0) is 23.0. The Morgan fingerprint density at radius 2 is 1.70 bits per heavy atom. The van der Waals surface area contributed by atoms with Crippen molar-refractivity contribution in [3.8, 4) is 11.5 Å². The lowest BCUT2D eigenvalue weighted by Gasteiger charge is -2.55. The summed E-state index contributed by atoms with van der Waals surface area (Å²) in [6.07, 6.45) is 6.96. The van der Waals surface area contributed by atoms with Crippen molar-refractivity contribution < 1.29 is 19.1 Å². The van der Waals surface area contributed by atoms with Crippen LogP contribution in [0.15, 0.2) is 22.5 Å². The zero-order valence-corrected chi connectivity index (χ0v) is 20.4. The van der Waals surface area contributed by atoms with Crippen molar-refractivity contribution in [1.82, 2.24) is 10.2 Å². The van der Waals surface area contributed by atoms with Gasteiger partial charge >= 0.3 is 0 Å². The second-order valence-electron chi connectivity index (χ2n) is 9.43. The van der Waals surface area contributed by atoms with Gasteiger partial charge in [-0.3, -0.25) is 9.59 Å². The van der Waals surface area contributed by atoms with Gasteiger partial charge in [-0.25, -0.2) is 0 Å². The Morgan fingerprint density at radius 3 is 2.33 bits per heavy atom. The van der Waals surface area contributed by atoms with E-state index in [1.807, 2.05) is 0 Å². The Balaban J connectivity index is 1.14. The number of benzene rings is 1. The Morgan fingerprint density at radius 1 is 1.03 bits per heavy atom. The molecule has 33 heavy (non-hydrogen) atoms. The molecule has 0 unspecified atom stereocenters. The van der Waals surface area contributed by atoms with Gasteiger partial charge in [0.25, 0.3) is 0 Å². The topological polar surface area (TPSA) is 102 Å². The van der Waals surface area contributed by atoms with Gasteiger partial charge in [-0.2, -0.15) is 0 Å². The fraction of sp³-hybridized carbons (Fsp3) is 0.565. The second-order valence-corrected chi connectivity index (χ2v) is 11.6. The molecule has 2 aromatic rings. The van der Waals surface area contributed by atoms with Crippen molar-refractivity contribution in [3.05, 3.63) is 18.2 Å². The molecule has 1 heterocycles. The number of anilines is 2. The number of hydrogen-bond acceptors (Lipinski definition) is 8. The van der Waals surface area contributed by atoms with Gasteiger partial charge in [0.2, 0.25) is 16.9 Å². The molecule has 8 nitrogen and oxygen atoms in total. The van der Waals surface area contributed by atoms with Gasteiger partial charge < -0.3 is 20.1 Å². The molecule has 0 spiro atoms. The van der Waals surface area contributed by atoms with Crippen LogP contribution in [0.5, 0.6) is 11.5 Å². The quantitative estimate of drug-likeness (QED) is 0.418. The number of rotatable bonds is 8. The smallest absolute Gasteiger partial charge is 0.234 e. The molecule has 1 aromatic carbocycles. The number of amides is 2. The van der Waals surface area contributed by atoms with E-state index in [2.05, 4.69) is 20.8 Å². The maximum Gasteiger partial charge on any atom is 0.234 e. The fourth-order valence-corrected chi connectivity index (χ4v) is 7.72. The summed E-state index contributed by atoms with van der Waals surface area (Å²) in [4.78, 5) is 25.5. The van der Waals surface area contributed by atoms with Gasteiger partial charge in [0, 0.05) is 11.8 Å². The number of carbonyl (C=O) groups excluding carboxylic acids is 2. The number of carbonyl (C=O) groups is 2. The third-order valence-electron chi connectivity index (χ3n) is 7.14. The van der Waals surface area contributed by atoms with Crippen molar-refractivity contribution in [1.29, 1.82) is 0 Å². The molecule has 1 aromatic heterocycles. The van der Waals surface area contributed by atoms with Gasteiger partial charge in [-0.05, 0) is 68.4 Å². The minimum absolute atomic E-state index is 0.112. The van der Waals surface area contributed by atoms with Crippen molar-refractivity contribution in [3.63, 3.8) is 0 Å². The van der Waals surface area contributed by atoms with Crippen LogP contribution < -0.4 is 20.1 Å². The van der Waals surface area contributed by atoms with E-state index in [9.17, 15) is 9.59 Å². The first-order valence-corrected chi connectivity index (χ1v) is 13.1. The number of hydrogen-bond donors (Lipinski definition) is 2. The summed E-state index contributed by atoms with van der Waals surface area (Å²) in [5.74, 6) is 3.42. The molecule has 0 saturated heterocycles. The SMILES string of the molecule is COc1ccc(NC(=O)CSc2nnc(NC(=O)C34CC5CC(CC(C5)C3)C4)s2)cc1OC. The van der Waals surface area contributed by atoms with Crippen molar-refractivity contribution in [2.75, 3.05) is 30.6 Å². The molecule has 2 N–H and O–H groups in total. The number of methoxy groups -OCH3 is 2. The number of thioether (sulfide) groups is 1. The normalized spacial score (nSPS) is 27.3. The highest BCUT2D eigenvalue weighted by atomic mass is 32.2. The summed E-state index contributed by atoms with van der Waals surface area (Å²) >= 11 is 2.62. The highest BCUT2D eigenvalue weighted by Gasteiger charge is 2.54. The third-order valence-corrected chi connectivity index (χ3v) is 9.11. The average Bonchev–Trinajstić information content (AvgIpc) is 3.24. The Hall–Kier alpha value is -2.33. The second kappa shape index (κ2) is 9.13. The maximum absolute atomic E-state index is 13.2. The summed E-state index contributed by atoms with van der Waals surface area (Å²) < 4.78 is 11.1. The largest absolute Gasteiger partial charge is 0.493 e. The van der Waals surface area contributed by atoms with Crippen LogP contribution in [0.25, 0.3) is 0 Å². The van der Waals surface area contributed by atoms with E-state index in [4.69, 9.17) is 9.47 Å². The molecular formula is C23H28N4O4S2. The molecule has 4 fully saturated rings. The number of nitrogens with zero attached hydrogens (tertiary/aromatic N) is 2.